The van der Waals surface area contributed by atoms with Crippen LogP contribution in [0.3, 0.4) is 0 Å². The van der Waals surface area contributed by atoms with Gasteiger partial charge >= 0.3 is 0 Å². The van der Waals surface area contributed by atoms with E-state index in [1.54, 1.807) is 0 Å². The van der Waals surface area contributed by atoms with E-state index in [-0.39, 0.29) is 0 Å². The molecule has 11 aromatic rings. The summed E-state index contributed by atoms with van der Waals surface area (Å²) in [5, 5.41) is 6.50. The van der Waals surface area contributed by atoms with E-state index in [1.165, 1.54) is 10.8 Å². The van der Waals surface area contributed by atoms with Crippen LogP contribution in [0.25, 0.3) is 105 Å². The average molecular weight is 654 g/mol. The van der Waals surface area contributed by atoms with Crippen molar-refractivity contribution in [1.29, 1.82) is 0 Å². The fourth-order valence-corrected chi connectivity index (χ4v) is 7.69. The third-order valence-electron chi connectivity index (χ3n) is 10.0. The number of hydrogen-bond acceptors (Lipinski definition) is 4. The highest BCUT2D eigenvalue weighted by molar-refractivity contribution is 6.18. The van der Waals surface area contributed by atoms with Crippen molar-refractivity contribution in [2.24, 2.45) is 0 Å². The first-order valence-electron chi connectivity index (χ1n) is 17.1. The van der Waals surface area contributed by atoms with Crippen LogP contribution in [-0.2, 0) is 0 Å². The van der Waals surface area contributed by atoms with Crippen LogP contribution in [0.4, 0.5) is 0 Å². The van der Waals surface area contributed by atoms with Gasteiger partial charge in [0.1, 0.15) is 16.7 Å². The lowest BCUT2D eigenvalue weighted by Crippen LogP contribution is -1.96. The minimum atomic E-state index is 0.670. The number of furan rings is 2. The quantitative estimate of drug-likeness (QED) is 0.190. The zero-order valence-corrected chi connectivity index (χ0v) is 27.2. The Morgan fingerprint density at radius 1 is 0.392 bits per heavy atom. The molecule has 0 radical (unpaired) electrons. The summed E-state index contributed by atoms with van der Waals surface area (Å²) < 4.78 is 15.9. The van der Waals surface area contributed by atoms with E-state index < -0.39 is 0 Å². The number of para-hydroxylation sites is 4. The Hall–Kier alpha value is -6.98. The molecule has 51 heavy (non-hydrogen) atoms. The van der Waals surface area contributed by atoms with E-state index in [0.717, 1.165) is 88.7 Å². The molecule has 0 aliphatic carbocycles. The molecule has 11 rings (SSSR count). The molecule has 5 heteroatoms. The number of aromatic nitrogens is 3. The van der Waals surface area contributed by atoms with Crippen molar-refractivity contribution in [1.82, 2.24) is 14.5 Å². The summed E-state index contributed by atoms with van der Waals surface area (Å²) in [6.07, 6.45) is 0. The number of nitrogens with zero attached hydrogens (tertiary/aromatic N) is 3. The second-order valence-electron chi connectivity index (χ2n) is 12.9. The number of benzene rings is 7. The topological polar surface area (TPSA) is 57.0 Å². The summed E-state index contributed by atoms with van der Waals surface area (Å²) in [5.41, 5.74) is 11.1. The van der Waals surface area contributed by atoms with Crippen LogP contribution in [0.1, 0.15) is 0 Å². The van der Waals surface area contributed by atoms with E-state index in [1.807, 2.05) is 48.5 Å². The first-order chi connectivity index (χ1) is 25.3. The number of fused-ring (bicyclic) bond motifs is 9. The largest absolute Gasteiger partial charge is 0.455 e. The molecule has 238 valence electrons. The second-order valence-corrected chi connectivity index (χ2v) is 12.9. The molecule has 0 fully saturated rings. The molecule has 7 aromatic carbocycles. The van der Waals surface area contributed by atoms with Crippen molar-refractivity contribution < 1.29 is 8.83 Å². The lowest BCUT2D eigenvalue weighted by Gasteiger charge is -2.09. The second kappa shape index (κ2) is 10.8. The van der Waals surface area contributed by atoms with Gasteiger partial charge in [-0.05, 0) is 42.5 Å². The monoisotopic (exact) mass is 653 g/mol. The van der Waals surface area contributed by atoms with E-state index in [4.69, 9.17) is 18.8 Å². The fraction of sp³-hybridized carbons (Fsp3) is 0. The molecule has 0 spiro atoms. The van der Waals surface area contributed by atoms with E-state index in [2.05, 4.69) is 120 Å². The van der Waals surface area contributed by atoms with Crippen LogP contribution in [0.15, 0.2) is 173 Å². The summed E-state index contributed by atoms with van der Waals surface area (Å²) in [6, 6.07) is 56.4. The molecule has 0 aliphatic rings. The van der Waals surface area contributed by atoms with Crippen molar-refractivity contribution in [3.8, 4) is 39.6 Å². The van der Waals surface area contributed by atoms with Crippen LogP contribution in [0.5, 0.6) is 0 Å². The third kappa shape index (κ3) is 4.22. The summed E-state index contributed by atoms with van der Waals surface area (Å²) in [7, 11) is 0. The summed E-state index contributed by atoms with van der Waals surface area (Å²) in [4.78, 5) is 10.1. The zero-order chi connectivity index (χ0) is 33.5. The highest BCUT2D eigenvalue weighted by atomic mass is 16.3. The van der Waals surface area contributed by atoms with Gasteiger partial charge in [0.25, 0.3) is 0 Å². The molecule has 4 aromatic heterocycles. The predicted molar refractivity (Wildman–Crippen MR) is 207 cm³/mol. The molecule has 0 unspecified atom stereocenters. The number of hydrogen-bond donors (Lipinski definition) is 0. The van der Waals surface area contributed by atoms with Crippen molar-refractivity contribution >= 4 is 65.7 Å². The molecule has 0 atom stereocenters. The van der Waals surface area contributed by atoms with Crippen molar-refractivity contribution in [3.05, 3.63) is 164 Å². The normalized spacial score (nSPS) is 11.9. The maximum Gasteiger partial charge on any atom is 0.160 e. The third-order valence-corrected chi connectivity index (χ3v) is 10.0. The summed E-state index contributed by atoms with van der Waals surface area (Å²) >= 11 is 0. The number of rotatable bonds is 4. The maximum atomic E-state index is 6.79. The van der Waals surface area contributed by atoms with E-state index in [9.17, 15) is 0 Å². The standard InChI is InChI=1S/C46H27N3O2/c1-3-13-28(14-4-1)37-27-38(48-46(47-37)29-15-5-2-6-16-29)34-21-11-19-32-35-25-43-36(26-42(35)50-44(32)34)33-20-12-24-41(45(33)51-43)49-39-22-9-7-17-30(39)31-18-8-10-23-40(31)49/h1-27H. The molecular formula is C46H27N3O2. The van der Waals surface area contributed by atoms with E-state index in [0.29, 0.717) is 5.82 Å². The van der Waals surface area contributed by atoms with Gasteiger partial charge in [0.2, 0.25) is 0 Å². The van der Waals surface area contributed by atoms with Crippen LogP contribution >= 0.6 is 0 Å². The van der Waals surface area contributed by atoms with Crippen molar-refractivity contribution in [2.45, 2.75) is 0 Å². The average Bonchev–Trinajstić information content (AvgIpc) is 3.86. The van der Waals surface area contributed by atoms with Crippen LogP contribution in [-0.4, -0.2) is 14.5 Å². The van der Waals surface area contributed by atoms with Gasteiger partial charge in [-0.25, -0.2) is 9.97 Å². The minimum Gasteiger partial charge on any atom is -0.455 e. The summed E-state index contributed by atoms with van der Waals surface area (Å²) in [6.45, 7) is 0. The first-order valence-corrected chi connectivity index (χ1v) is 17.1. The van der Waals surface area contributed by atoms with Crippen LogP contribution in [0, 0.1) is 0 Å². The molecule has 4 heterocycles. The minimum absolute atomic E-state index is 0.670. The lowest BCUT2D eigenvalue weighted by molar-refractivity contribution is 0.663. The molecular weight excluding hydrogens is 627 g/mol. The molecule has 0 amide bonds. The van der Waals surface area contributed by atoms with Gasteiger partial charge in [-0.2, -0.15) is 0 Å². The van der Waals surface area contributed by atoms with Crippen LogP contribution < -0.4 is 0 Å². The molecule has 0 saturated carbocycles. The van der Waals surface area contributed by atoms with Gasteiger partial charge in [0.05, 0.1) is 28.1 Å². The van der Waals surface area contributed by atoms with Gasteiger partial charge in [-0.3, -0.25) is 0 Å². The molecule has 0 bridgehead atoms. The van der Waals surface area contributed by atoms with Crippen LogP contribution in [0.2, 0.25) is 0 Å². The van der Waals surface area contributed by atoms with Crippen molar-refractivity contribution in [2.75, 3.05) is 0 Å². The van der Waals surface area contributed by atoms with Gasteiger partial charge in [-0.1, -0.05) is 121 Å². The highest BCUT2D eigenvalue weighted by Crippen LogP contribution is 2.42. The molecule has 5 nitrogen and oxygen atoms in total. The Bertz CT molecular complexity index is 3020. The predicted octanol–water partition coefficient (Wildman–Crippen LogP) is 12.4. The van der Waals surface area contributed by atoms with Gasteiger partial charge in [-0.15, -0.1) is 0 Å². The van der Waals surface area contributed by atoms with Gasteiger partial charge < -0.3 is 13.4 Å². The zero-order valence-electron chi connectivity index (χ0n) is 27.2. The van der Waals surface area contributed by atoms with Gasteiger partial charge in [0, 0.05) is 49.0 Å². The first kappa shape index (κ1) is 27.9. The maximum absolute atomic E-state index is 6.79. The smallest absolute Gasteiger partial charge is 0.160 e. The molecule has 0 saturated heterocycles. The van der Waals surface area contributed by atoms with Gasteiger partial charge in [0.15, 0.2) is 11.4 Å². The SMILES string of the molecule is c1ccc(-c2cc(-c3cccc4c3oc3cc5c(cc34)oc3c(-n4c6ccccc6c6ccccc64)cccc35)nc(-c3ccccc3)n2)cc1. The Morgan fingerprint density at radius 2 is 0.922 bits per heavy atom. The lowest BCUT2D eigenvalue weighted by atomic mass is 10.0. The Labute approximate surface area is 291 Å². The molecule has 0 N–H and O–H groups in total. The van der Waals surface area contributed by atoms with Crippen molar-refractivity contribution in [3.63, 3.8) is 0 Å². The van der Waals surface area contributed by atoms with E-state index >= 15 is 0 Å². The highest BCUT2D eigenvalue weighted by Gasteiger charge is 2.21. The fourth-order valence-electron chi connectivity index (χ4n) is 7.69. The Kier molecular flexibility index (Phi) is 5.89. The Morgan fingerprint density at radius 3 is 1.61 bits per heavy atom. The summed E-state index contributed by atoms with van der Waals surface area (Å²) in [5.74, 6) is 0.670. The molecule has 0 aliphatic heterocycles. The Balaban J connectivity index is 1.12.